The van der Waals surface area contributed by atoms with E-state index in [-0.39, 0.29) is 17.6 Å². The van der Waals surface area contributed by atoms with Crippen LogP contribution in [0, 0.1) is 0 Å². The molecule has 2 aromatic heterocycles. The number of halogens is 1. The summed E-state index contributed by atoms with van der Waals surface area (Å²) < 4.78 is 0. The Labute approximate surface area is 171 Å². The van der Waals surface area contributed by atoms with Crippen LogP contribution in [0.15, 0.2) is 43.1 Å². The van der Waals surface area contributed by atoms with Crippen molar-refractivity contribution in [3.8, 4) is 0 Å². The molecule has 1 atom stereocenters. The highest BCUT2D eigenvalue weighted by Gasteiger charge is 2.41. The first-order valence-electron chi connectivity index (χ1n) is 9.50. The zero-order chi connectivity index (χ0) is 20.1. The third-order valence-corrected chi connectivity index (χ3v) is 5.26. The van der Waals surface area contributed by atoms with Gasteiger partial charge in [0.1, 0.15) is 11.6 Å². The predicted molar refractivity (Wildman–Crippen MR) is 114 cm³/mol. The van der Waals surface area contributed by atoms with Crippen molar-refractivity contribution in [3.63, 3.8) is 0 Å². The summed E-state index contributed by atoms with van der Waals surface area (Å²) >= 11 is 5.76. The summed E-state index contributed by atoms with van der Waals surface area (Å²) in [5.74, 6) is 1.19. The molecule has 3 rings (SSSR count). The standard InChI is InChI=1S/C21H26ClN5O/c1-4-11-21(3)12-10-16-8-9-17(15(2)24-14-22)25-19(16)27(21)20(28)26-18-7-5-6-13-23-18/h5-9,13,24H,2,4,10-12,14H2,1,3H3,(H,23,26,28)/t21-/m0/s1. The molecular weight excluding hydrogens is 374 g/mol. The molecule has 0 saturated heterocycles. The first-order chi connectivity index (χ1) is 13.5. The minimum atomic E-state index is -0.326. The predicted octanol–water partition coefficient (Wildman–Crippen LogP) is 4.78. The number of pyridine rings is 2. The first kappa shape index (κ1) is 20.1. The Morgan fingerprint density at radius 1 is 1.36 bits per heavy atom. The number of nitrogens with one attached hydrogen (secondary N) is 2. The second-order valence-electron chi connectivity index (χ2n) is 7.20. The Morgan fingerprint density at radius 2 is 2.18 bits per heavy atom. The van der Waals surface area contributed by atoms with E-state index in [4.69, 9.17) is 16.6 Å². The molecule has 0 bridgehead atoms. The molecule has 0 radical (unpaired) electrons. The number of anilines is 2. The Morgan fingerprint density at radius 3 is 2.86 bits per heavy atom. The van der Waals surface area contributed by atoms with Crippen molar-refractivity contribution in [3.05, 3.63) is 54.4 Å². The highest BCUT2D eigenvalue weighted by Crippen LogP contribution is 2.39. The molecule has 0 spiro atoms. The van der Waals surface area contributed by atoms with Crippen molar-refractivity contribution < 1.29 is 4.79 Å². The Balaban J connectivity index is 2.01. The molecule has 2 N–H and O–H groups in total. The molecule has 1 aliphatic heterocycles. The minimum Gasteiger partial charge on any atom is -0.370 e. The van der Waals surface area contributed by atoms with E-state index in [9.17, 15) is 4.79 Å². The van der Waals surface area contributed by atoms with Crippen LogP contribution in [0.2, 0.25) is 0 Å². The number of alkyl halides is 1. The molecule has 0 unspecified atom stereocenters. The summed E-state index contributed by atoms with van der Waals surface area (Å²) in [6.07, 6.45) is 5.27. The van der Waals surface area contributed by atoms with Gasteiger partial charge < -0.3 is 5.32 Å². The summed E-state index contributed by atoms with van der Waals surface area (Å²) in [6, 6.07) is 9.39. The maximum Gasteiger partial charge on any atom is 0.329 e. The molecule has 0 saturated carbocycles. The number of urea groups is 1. The molecule has 148 valence electrons. The average molecular weight is 400 g/mol. The van der Waals surface area contributed by atoms with Crippen molar-refractivity contribution in [2.45, 2.75) is 45.1 Å². The summed E-state index contributed by atoms with van der Waals surface area (Å²) in [4.78, 5) is 24.1. The van der Waals surface area contributed by atoms with Gasteiger partial charge in [-0.25, -0.2) is 14.8 Å². The lowest BCUT2D eigenvalue weighted by molar-refractivity contribution is 0.243. The van der Waals surface area contributed by atoms with E-state index in [0.717, 1.165) is 31.2 Å². The number of hydrogen-bond donors (Lipinski definition) is 2. The van der Waals surface area contributed by atoms with Crippen LogP contribution in [0.4, 0.5) is 16.4 Å². The lowest BCUT2D eigenvalue weighted by Crippen LogP contribution is -2.55. The van der Waals surface area contributed by atoms with Crippen LogP contribution >= 0.6 is 11.6 Å². The fourth-order valence-corrected chi connectivity index (χ4v) is 3.86. The second kappa shape index (κ2) is 8.61. The highest BCUT2D eigenvalue weighted by atomic mass is 35.5. The topological polar surface area (TPSA) is 70.2 Å². The monoisotopic (exact) mass is 399 g/mol. The third kappa shape index (κ3) is 4.12. The quantitative estimate of drug-likeness (QED) is 0.541. The first-order valence-corrected chi connectivity index (χ1v) is 10.0. The van der Waals surface area contributed by atoms with Gasteiger partial charge in [0.25, 0.3) is 0 Å². The lowest BCUT2D eigenvalue weighted by Gasteiger charge is -2.44. The fraction of sp³-hybridized carbons (Fsp3) is 0.381. The van der Waals surface area contributed by atoms with Crippen molar-refractivity contribution in [2.24, 2.45) is 0 Å². The highest BCUT2D eigenvalue weighted by molar-refractivity contribution is 6.18. The van der Waals surface area contributed by atoms with Gasteiger partial charge in [0.05, 0.1) is 17.4 Å². The van der Waals surface area contributed by atoms with Crippen molar-refractivity contribution in [2.75, 3.05) is 16.2 Å². The number of amides is 2. The van der Waals surface area contributed by atoms with Gasteiger partial charge in [-0.1, -0.05) is 32.1 Å². The van der Waals surface area contributed by atoms with Gasteiger partial charge in [-0.15, -0.1) is 11.6 Å². The molecular formula is C21H26ClN5O. The van der Waals surface area contributed by atoms with Gasteiger partial charge in [-0.05, 0) is 49.9 Å². The number of aryl methyl sites for hydroxylation is 1. The molecule has 28 heavy (non-hydrogen) atoms. The molecule has 0 aliphatic carbocycles. The molecule has 0 fully saturated rings. The maximum atomic E-state index is 13.3. The lowest BCUT2D eigenvalue weighted by atomic mass is 9.83. The molecule has 2 aromatic rings. The van der Waals surface area contributed by atoms with Crippen LogP contribution in [0.25, 0.3) is 5.70 Å². The molecule has 3 heterocycles. The molecule has 6 nitrogen and oxygen atoms in total. The van der Waals surface area contributed by atoms with E-state index in [1.807, 2.05) is 24.3 Å². The number of hydrogen-bond acceptors (Lipinski definition) is 4. The van der Waals surface area contributed by atoms with Crippen LogP contribution in [-0.4, -0.2) is 27.5 Å². The summed E-state index contributed by atoms with van der Waals surface area (Å²) in [7, 11) is 0. The van der Waals surface area contributed by atoms with Gasteiger partial charge in [0, 0.05) is 11.7 Å². The largest absolute Gasteiger partial charge is 0.370 e. The van der Waals surface area contributed by atoms with Crippen LogP contribution < -0.4 is 15.5 Å². The van der Waals surface area contributed by atoms with Crippen molar-refractivity contribution >= 4 is 35.0 Å². The summed E-state index contributed by atoms with van der Waals surface area (Å²) in [5.41, 5.74) is 2.03. The Bertz CT molecular complexity index is 857. The Kier molecular flexibility index (Phi) is 6.19. The molecule has 2 amide bonds. The van der Waals surface area contributed by atoms with Gasteiger partial charge in [0.2, 0.25) is 0 Å². The number of fused-ring (bicyclic) bond motifs is 1. The number of carbonyl (C=O) groups is 1. The van der Waals surface area contributed by atoms with Crippen LogP contribution in [0.3, 0.4) is 0 Å². The van der Waals surface area contributed by atoms with E-state index >= 15 is 0 Å². The second-order valence-corrected chi connectivity index (χ2v) is 7.46. The smallest absolute Gasteiger partial charge is 0.329 e. The number of aromatic nitrogens is 2. The van der Waals surface area contributed by atoms with E-state index in [1.165, 1.54) is 0 Å². The van der Waals surface area contributed by atoms with Crippen LogP contribution in [-0.2, 0) is 6.42 Å². The van der Waals surface area contributed by atoms with E-state index in [1.54, 1.807) is 17.2 Å². The summed E-state index contributed by atoms with van der Waals surface area (Å²) in [6.45, 7) is 8.24. The molecule has 7 heteroatoms. The van der Waals surface area contributed by atoms with Gasteiger partial charge in [-0.3, -0.25) is 10.2 Å². The number of rotatable bonds is 6. The third-order valence-electron chi connectivity index (χ3n) is 5.12. The average Bonchev–Trinajstić information content (AvgIpc) is 2.68. The molecule has 0 aromatic carbocycles. The van der Waals surface area contributed by atoms with Crippen LogP contribution in [0.5, 0.6) is 0 Å². The Hall–Kier alpha value is -2.60. The SMILES string of the molecule is C=C(NCCl)c1ccc2c(n1)N(C(=O)Nc1ccccn1)[C@@](C)(CCC)CC2. The number of nitrogens with zero attached hydrogens (tertiary/aromatic N) is 3. The number of carbonyl (C=O) groups excluding carboxylic acids is 1. The van der Waals surface area contributed by atoms with E-state index in [2.05, 4.69) is 36.0 Å². The zero-order valence-electron chi connectivity index (χ0n) is 16.3. The van der Waals surface area contributed by atoms with Gasteiger partial charge >= 0.3 is 6.03 Å². The minimum absolute atomic E-state index is 0.226. The van der Waals surface area contributed by atoms with E-state index in [0.29, 0.717) is 23.0 Å². The van der Waals surface area contributed by atoms with Crippen LogP contribution in [0.1, 0.15) is 44.4 Å². The summed E-state index contributed by atoms with van der Waals surface area (Å²) in [5, 5.41) is 5.89. The van der Waals surface area contributed by atoms with Gasteiger partial charge in [0.15, 0.2) is 0 Å². The van der Waals surface area contributed by atoms with Gasteiger partial charge in [-0.2, -0.15) is 0 Å². The van der Waals surface area contributed by atoms with E-state index < -0.39 is 0 Å². The normalized spacial score (nSPS) is 18.3. The fourth-order valence-electron chi connectivity index (χ4n) is 3.70. The van der Waals surface area contributed by atoms with Crippen molar-refractivity contribution in [1.82, 2.24) is 15.3 Å². The zero-order valence-corrected chi connectivity index (χ0v) is 17.1. The molecule has 1 aliphatic rings. The van der Waals surface area contributed by atoms with Crippen molar-refractivity contribution in [1.29, 1.82) is 0 Å². The maximum absolute atomic E-state index is 13.3.